The number of carbonyl (C=O) groups excluding carboxylic acids is 1. The molecular formula is C20H20N2OS. The van der Waals surface area contributed by atoms with E-state index in [0.29, 0.717) is 11.8 Å². The summed E-state index contributed by atoms with van der Waals surface area (Å²) in [5.74, 6) is 0.621. The van der Waals surface area contributed by atoms with Gasteiger partial charge in [0.25, 0.3) is 0 Å². The van der Waals surface area contributed by atoms with Gasteiger partial charge in [0.1, 0.15) is 0 Å². The first-order valence-electron chi connectivity index (χ1n) is 8.33. The van der Waals surface area contributed by atoms with Gasteiger partial charge in [0.2, 0.25) is 0 Å². The molecule has 2 heterocycles. The van der Waals surface area contributed by atoms with Gasteiger partial charge in [-0.2, -0.15) is 0 Å². The van der Waals surface area contributed by atoms with Crippen LogP contribution in [0.4, 0.5) is 0 Å². The largest absolute Gasteiger partial charge is 0.345 e. The minimum Gasteiger partial charge on any atom is -0.345 e. The van der Waals surface area contributed by atoms with Crippen molar-refractivity contribution in [3.8, 4) is 0 Å². The number of aromatic nitrogens is 2. The summed E-state index contributed by atoms with van der Waals surface area (Å²) in [5.41, 5.74) is 4.16. The summed E-state index contributed by atoms with van der Waals surface area (Å²) < 4.78 is 2.33. The number of hydrogen-bond acceptors (Lipinski definition) is 3. The van der Waals surface area contributed by atoms with Gasteiger partial charge in [0.15, 0.2) is 5.78 Å². The summed E-state index contributed by atoms with van der Waals surface area (Å²) in [6, 6.07) is 14.8. The lowest BCUT2D eigenvalue weighted by Crippen LogP contribution is -2.06. The Kier molecular flexibility index (Phi) is 3.93. The smallest absolute Gasteiger partial charge is 0.174 e. The number of aryl methyl sites for hydroxylation is 1. The van der Waals surface area contributed by atoms with Crippen molar-refractivity contribution in [1.82, 2.24) is 9.55 Å². The first-order valence-corrected chi connectivity index (χ1v) is 9.32. The third kappa shape index (κ3) is 2.86. The summed E-state index contributed by atoms with van der Waals surface area (Å²) in [4.78, 5) is 17.3. The normalized spacial score (nSPS) is 14.2. The molecule has 0 saturated heterocycles. The molecule has 0 radical (unpaired) electrons. The molecular weight excluding hydrogens is 316 g/mol. The average Bonchev–Trinajstić information content (AvgIpc) is 3.37. The Bertz CT molecular complexity index is 925. The lowest BCUT2D eigenvalue weighted by Gasteiger charge is -2.07. The number of fused-ring (bicyclic) bond motifs is 1. The molecule has 4 heteroatoms. The Balaban J connectivity index is 1.50. The fourth-order valence-electron chi connectivity index (χ4n) is 3.30. The highest BCUT2D eigenvalue weighted by Crippen LogP contribution is 2.38. The average molecular weight is 336 g/mol. The van der Waals surface area contributed by atoms with Gasteiger partial charge in [-0.05, 0) is 44.9 Å². The molecule has 1 saturated carbocycles. The van der Waals surface area contributed by atoms with Crippen LogP contribution in [0.5, 0.6) is 0 Å². The maximum Gasteiger partial charge on any atom is 0.174 e. The van der Waals surface area contributed by atoms with Crippen molar-refractivity contribution in [1.29, 1.82) is 0 Å². The molecule has 122 valence electrons. The summed E-state index contributed by atoms with van der Waals surface area (Å²) >= 11 is 1.52. The molecule has 0 spiro atoms. The van der Waals surface area contributed by atoms with Gasteiger partial charge in [-0.25, -0.2) is 4.98 Å². The molecule has 4 rings (SSSR count). The number of nitrogens with zero attached hydrogens (tertiary/aromatic N) is 2. The lowest BCUT2D eigenvalue weighted by atomic mass is 10.2. The Morgan fingerprint density at radius 1 is 1.21 bits per heavy atom. The van der Waals surface area contributed by atoms with Crippen molar-refractivity contribution in [3.05, 3.63) is 59.4 Å². The molecule has 2 aromatic heterocycles. The Labute approximate surface area is 146 Å². The van der Waals surface area contributed by atoms with E-state index in [1.807, 2.05) is 30.3 Å². The predicted molar refractivity (Wildman–Crippen MR) is 99.0 cm³/mol. The number of carbonyl (C=O) groups is 1. The maximum absolute atomic E-state index is 12.6. The number of hydrogen-bond donors (Lipinski definition) is 0. The molecule has 3 nitrogen and oxygen atoms in total. The molecule has 0 bridgehead atoms. The van der Waals surface area contributed by atoms with Crippen molar-refractivity contribution in [2.75, 3.05) is 5.75 Å². The Morgan fingerprint density at radius 2 is 2.00 bits per heavy atom. The van der Waals surface area contributed by atoms with Crippen LogP contribution in [0.25, 0.3) is 10.9 Å². The standard InChI is InChI=1S/C20H20N2OS/c1-13-11-17(14(2)22(13)16-8-9-16)19(23)12-24-20-10-7-15-5-3-4-6-18(15)21-20/h3-7,10-11,16H,8-9,12H2,1-2H3. The highest BCUT2D eigenvalue weighted by molar-refractivity contribution is 7.99. The third-order valence-electron chi connectivity index (χ3n) is 4.62. The van der Waals surface area contributed by atoms with Crippen LogP contribution in [0.3, 0.4) is 0 Å². The fraction of sp³-hybridized carbons (Fsp3) is 0.300. The highest BCUT2D eigenvalue weighted by atomic mass is 32.2. The molecule has 1 aromatic carbocycles. The predicted octanol–water partition coefficient (Wildman–Crippen LogP) is 4.96. The van der Waals surface area contributed by atoms with Crippen LogP contribution in [0.1, 0.15) is 40.6 Å². The lowest BCUT2D eigenvalue weighted by molar-refractivity contribution is 0.102. The summed E-state index contributed by atoms with van der Waals surface area (Å²) in [6.07, 6.45) is 2.47. The zero-order valence-corrected chi connectivity index (χ0v) is 14.8. The minimum absolute atomic E-state index is 0.190. The van der Waals surface area contributed by atoms with Crippen LogP contribution in [-0.4, -0.2) is 21.1 Å². The van der Waals surface area contributed by atoms with Crippen LogP contribution in [-0.2, 0) is 0 Å². The second-order valence-corrected chi connectivity index (χ2v) is 7.44. The van der Waals surface area contributed by atoms with Crippen molar-refractivity contribution in [3.63, 3.8) is 0 Å². The highest BCUT2D eigenvalue weighted by Gasteiger charge is 2.28. The van der Waals surface area contributed by atoms with Crippen LogP contribution in [0.15, 0.2) is 47.5 Å². The number of rotatable bonds is 5. The van der Waals surface area contributed by atoms with E-state index in [9.17, 15) is 4.79 Å². The molecule has 3 aromatic rings. The van der Waals surface area contributed by atoms with Crippen LogP contribution in [0, 0.1) is 13.8 Å². The topological polar surface area (TPSA) is 34.9 Å². The third-order valence-corrected chi connectivity index (χ3v) is 5.55. The van der Waals surface area contributed by atoms with E-state index in [4.69, 9.17) is 0 Å². The molecule has 0 atom stereocenters. The van der Waals surface area contributed by atoms with E-state index >= 15 is 0 Å². The first-order chi connectivity index (χ1) is 11.6. The van der Waals surface area contributed by atoms with E-state index in [1.54, 1.807) is 0 Å². The van der Waals surface area contributed by atoms with Crippen LogP contribution in [0.2, 0.25) is 0 Å². The molecule has 0 N–H and O–H groups in total. The molecule has 0 amide bonds. The summed E-state index contributed by atoms with van der Waals surface area (Å²) in [7, 11) is 0. The minimum atomic E-state index is 0.190. The summed E-state index contributed by atoms with van der Waals surface area (Å²) in [5, 5.41) is 2.03. The molecule has 0 aliphatic heterocycles. The molecule has 1 aliphatic rings. The molecule has 24 heavy (non-hydrogen) atoms. The zero-order valence-electron chi connectivity index (χ0n) is 14.0. The second-order valence-electron chi connectivity index (χ2n) is 6.44. The van der Waals surface area contributed by atoms with Gasteiger partial charge < -0.3 is 4.57 Å². The molecule has 0 unspecified atom stereocenters. The van der Waals surface area contributed by atoms with Crippen molar-refractivity contribution >= 4 is 28.4 Å². The van der Waals surface area contributed by atoms with Gasteiger partial charge in [0, 0.05) is 28.4 Å². The van der Waals surface area contributed by atoms with E-state index < -0.39 is 0 Å². The second kappa shape index (κ2) is 6.10. The van der Waals surface area contributed by atoms with Crippen molar-refractivity contribution < 1.29 is 4.79 Å². The number of Topliss-reactive ketones (excluding diaryl/α,β-unsaturated/α-hetero) is 1. The van der Waals surface area contributed by atoms with Crippen LogP contribution >= 0.6 is 11.8 Å². The Hall–Kier alpha value is -2.07. The number of pyridine rings is 1. The monoisotopic (exact) mass is 336 g/mol. The van der Waals surface area contributed by atoms with Crippen molar-refractivity contribution in [2.24, 2.45) is 0 Å². The molecule has 1 aliphatic carbocycles. The van der Waals surface area contributed by atoms with Crippen LogP contribution < -0.4 is 0 Å². The maximum atomic E-state index is 12.6. The number of thioether (sulfide) groups is 1. The SMILES string of the molecule is Cc1cc(C(=O)CSc2ccc3ccccc3n2)c(C)n1C1CC1. The van der Waals surface area contributed by atoms with Gasteiger partial charge in [-0.3, -0.25) is 4.79 Å². The zero-order chi connectivity index (χ0) is 16.7. The number of ketones is 1. The summed E-state index contributed by atoms with van der Waals surface area (Å²) in [6.45, 7) is 4.16. The van der Waals surface area contributed by atoms with E-state index in [0.717, 1.165) is 27.2 Å². The van der Waals surface area contributed by atoms with Crippen molar-refractivity contribution in [2.45, 2.75) is 37.8 Å². The number of para-hydroxylation sites is 1. The van der Waals surface area contributed by atoms with Gasteiger partial charge in [-0.15, -0.1) is 0 Å². The van der Waals surface area contributed by atoms with Gasteiger partial charge in [-0.1, -0.05) is 36.0 Å². The molecule has 1 fully saturated rings. The van der Waals surface area contributed by atoms with Gasteiger partial charge in [0.05, 0.1) is 16.3 Å². The van der Waals surface area contributed by atoms with E-state index in [-0.39, 0.29) is 5.78 Å². The van der Waals surface area contributed by atoms with Gasteiger partial charge >= 0.3 is 0 Å². The Morgan fingerprint density at radius 3 is 2.79 bits per heavy atom. The van der Waals surface area contributed by atoms with E-state index in [2.05, 4.69) is 35.5 Å². The quantitative estimate of drug-likeness (QED) is 0.488. The fourth-order valence-corrected chi connectivity index (χ4v) is 4.06. The van der Waals surface area contributed by atoms with E-state index in [1.165, 1.54) is 30.3 Å². The number of benzene rings is 1. The first kappa shape index (κ1) is 15.5.